The van der Waals surface area contributed by atoms with Gasteiger partial charge in [0.05, 0.1) is 0 Å². The van der Waals surface area contributed by atoms with Crippen LogP contribution in [-0.2, 0) is 4.79 Å². The van der Waals surface area contributed by atoms with Crippen molar-refractivity contribution in [2.45, 2.75) is 45.1 Å². The number of carbonyl (C=O) groups is 1. The van der Waals surface area contributed by atoms with E-state index in [9.17, 15) is 4.79 Å². The normalized spacial score (nSPS) is 16.2. The molecular weight excluding hydrogens is 214 g/mol. The van der Waals surface area contributed by atoms with Crippen LogP contribution >= 0.6 is 0 Å². The van der Waals surface area contributed by atoms with Crippen LogP contribution in [0.3, 0.4) is 0 Å². The van der Waals surface area contributed by atoms with E-state index in [-0.39, 0.29) is 5.92 Å². The van der Waals surface area contributed by atoms with Gasteiger partial charge in [-0.2, -0.15) is 0 Å². The Morgan fingerprint density at radius 2 is 1.94 bits per heavy atom. The monoisotopic (exact) mass is 235 g/mol. The number of rotatable bonds is 5. The van der Waals surface area contributed by atoms with Crippen LogP contribution in [0.15, 0.2) is 24.3 Å². The first-order valence-electron chi connectivity index (χ1n) is 5.95. The van der Waals surface area contributed by atoms with E-state index in [2.05, 4.69) is 19.1 Å². The summed E-state index contributed by atoms with van der Waals surface area (Å²) in [5.41, 5.74) is 7.01. The average Bonchev–Trinajstić information content (AvgIpc) is 2.27. The van der Waals surface area contributed by atoms with E-state index in [1.54, 1.807) is 6.92 Å². The Morgan fingerprint density at radius 3 is 2.35 bits per heavy atom. The number of aryl methyl sites for hydroxylation is 1. The Kier molecular flexibility index (Phi) is 4.29. The van der Waals surface area contributed by atoms with Crippen molar-refractivity contribution in [1.29, 1.82) is 0 Å². The maximum Gasteiger partial charge on any atom is 0.323 e. The van der Waals surface area contributed by atoms with Crippen LogP contribution in [0.4, 0.5) is 0 Å². The molecule has 2 unspecified atom stereocenters. The Hall–Kier alpha value is -1.35. The fraction of sp³-hybridized carbons (Fsp3) is 0.500. The molecule has 0 heterocycles. The molecule has 3 nitrogen and oxygen atoms in total. The zero-order valence-electron chi connectivity index (χ0n) is 10.7. The first-order chi connectivity index (χ1) is 7.86. The van der Waals surface area contributed by atoms with Crippen LogP contribution in [0, 0.1) is 6.92 Å². The van der Waals surface area contributed by atoms with Crippen molar-refractivity contribution in [3.63, 3.8) is 0 Å². The largest absolute Gasteiger partial charge is 0.480 e. The molecule has 0 bridgehead atoms. The summed E-state index contributed by atoms with van der Waals surface area (Å²) in [4.78, 5) is 11.0. The second-order valence-electron chi connectivity index (χ2n) is 4.94. The number of carboxylic acid groups (broad SMARTS) is 1. The van der Waals surface area contributed by atoms with Gasteiger partial charge in [-0.3, -0.25) is 4.79 Å². The van der Waals surface area contributed by atoms with E-state index >= 15 is 0 Å². The number of hydrogen-bond acceptors (Lipinski definition) is 2. The summed E-state index contributed by atoms with van der Waals surface area (Å²) < 4.78 is 0. The Bertz CT molecular complexity index is 382. The third kappa shape index (κ3) is 3.56. The van der Waals surface area contributed by atoms with Gasteiger partial charge in [-0.05, 0) is 38.2 Å². The molecule has 0 saturated carbocycles. The fourth-order valence-electron chi connectivity index (χ4n) is 1.94. The van der Waals surface area contributed by atoms with Gasteiger partial charge in [-0.1, -0.05) is 36.8 Å². The zero-order chi connectivity index (χ0) is 13.1. The topological polar surface area (TPSA) is 63.3 Å². The van der Waals surface area contributed by atoms with Crippen molar-refractivity contribution in [2.24, 2.45) is 5.73 Å². The van der Waals surface area contributed by atoms with Crippen molar-refractivity contribution in [1.82, 2.24) is 0 Å². The van der Waals surface area contributed by atoms with Gasteiger partial charge in [-0.15, -0.1) is 0 Å². The van der Waals surface area contributed by atoms with Crippen LogP contribution in [0.2, 0.25) is 0 Å². The molecule has 0 aliphatic heterocycles. The summed E-state index contributed by atoms with van der Waals surface area (Å²) in [7, 11) is 0. The molecular formula is C14H21NO2. The molecule has 17 heavy (non-hydrogen) atoms. The zero-order valence-corrected chi connectivity index (χ0v) is 10.7. The van der Waals surface area contributed by atoms with E-state index in [0.29, 0.717) is 6.42 Å². The molecule has 3 N–H and O–H groups in total. The minimum Gasteiger partial charge on any atom is -0.480 e. The summed E-state index contributed by atoms with van der Waals surface area (Å²) >= 11 is 0. The number of nitrogens with two attached hydrogens (primary N) is 1. The van der Waals surface area contributed by atoms with Gasteiger partial charge in [-0.25, -0.2) is 0 Å². The van der Waals surface area contributed by atoms with E-state index in [0.717, 1.165) is 12.0 Å². The van der Waals surface area contributed by atoms with E-state index in [1.165, 1.54) is 5.56 Å². The van der Waals surface area contributed by atoms with Gasteiger partial charge in [0.15, 0.2) is 0 Å². The quantitative estimate of drug-likeness (QED) is 0.824. The minimum absolute atomic E-state index is 0.196. The average molecular weight is 235 g/mol. The van der Waals surface area contributed by atoms with Crippen LogP contribution < -0.4 is 5.73 Å². The van der Waals surface area contributed by atoms with Crippen LogP contribution in [-0.4, -0.2) is 16.6 Å². The van der Waals surface area contributed by atoms with Crippen LogP contribution in [0.25, 0.3) is 0 Å². The highest BCUT2D eigenvalue weighted by molar-refractivity contribution is 5.77. The molecule has 0 fully saturated rings. The molecule has 0 spiro atoms. The molecule has 0 radical (unpaired) electrons. The second-order valence-corrected chi connectivity index (χ2v) is 4.94. The molecule has 0 aliphatic rings. The van der Waals surface area contributed by atoms with Crippen LogP contribution in [0.5, 0.6) is 0 Å². The highest BCUT2D eigenvalue weighted by atomic mass is 16.4. The number of carboxylic acids is 1. The summed E-state index contributed by atoms with van der Waals surface area (Å²) in [6, 6.07) is 8.21. The van der Waals surface area contributed by atoms with E-state index in [4.69, 9.17) is 10.8 Å². The summed E-state index contributed by atoms with van der Waals surface area (Å²) in [5, 5.41) is 9.05. The molecule has 0 aromatic heterocycles. The smallest absolute Gasteiger partial charge is 0.323 e. The van der Waals surface area contributed by atoms with Crippen molar-refractivity contribution in [3.8, 4) is 0 Å². The molecule has 1 rings (SSSR count). The van der Waals surface area contributed by atoms with E-state index < -0.39 is 11.5 Å². The lowest BCUT2D eigenvalue weighted by Crippen LogP contribution is -2.45. The minimum atomic E-state index is -1.16. The molecule has 2 atom stereocenters. The summed E-state index contributed by atoms with van der Waals surface area (Å²) in [6.07, 6.45) is 1.35. The molecule has 1 aromatic carbocycles. The lowest BCUT2D eigenvalue weighted by molar-refractivity contribution is -0.143. The SMILES string of the molecule is CCC(CC(C)(N)C(=O)O)c1ccc(C)cc1. The van der Waals surface area contributed by atoms with Crippen molar-refractivity contribution >= 4 is 5.97 Å². The molecule has 0 amide bonds. The second kappa shape index (κ2) is 5.32. The predicted octanol–water partition coefficient (Wildman–Crippen LogP) is 2.68. The number of aliphatic carboxylic acids is 1. The van der Waals surface area contributed by atoms with Crippen molar-refractivity contribution in [3.05, 3.63) is 35.4 Å². The molecule has 1 aromatic rings. The number of hydrogen-bond donors (Lipinski definition) is 2. The third-order valence-corrected chi connectivity index (χ3v) is 3.20. The number of benzene rings is 1. The van der Waals surface area contributed by atoms with Gasteiger partial charge in [0.1, 0.15) is 5.54 Å². The first kappa shape index (κ1) is 13.7. The maximum absolute atomic E-state index is 11.0. The molecule has 94 valence electrons. The fourth-order valence-corrected chi connectivity index (χ4v) is 1.94. The lowest BCUT2D eigenvalue weighted by atomic mass is 9.83. The Morgan fingerprint density at radius 1 is 1.41 bits per heavy atom. The van der Waals surface area contributed by atoms with Gasteiger partial charge in [0.25, 0.3) is 0 Å². The van der Waals surface area contributed by atoms with Gasteiger partial charge < -0.3 is 10.8 Å². The molecule has 3 heteroatoms. The lowest BCUT2D eigenvalue weighted by Gasteiger charge is -2.25. The first-order valence-corrected chi connectivity index (χ1v) is 5.95. The summed E-state index contributed by atoms with van der Waals surface area (Å²) in [5.74, 6) is -0.746. The standard InChI is InChI=1S/C14H21NO2/c1-4-11(9-14(3,15)13(16)17)12-7-5-10(2)6-8-12/h5-8,11H,4,9,15H2,1-3H3,(H,16,17). The van der Waals surface area contributed by atoms with Crippen LogP contribution in [0.1, 0.15) is 43.7 Å². The Labute approximate surface area is 103 Å². The summed E-state index contributed by atoms with van der Waals surface area (Å²) in [6.45, 7) is 5.67. The molecule has 0 saturated heterocycles. The highest BCUT2D eigenvalue weighted by Gasteiger charge is 2.31. The maximum atomic E-state index is 11.0. The third-order valence-electron chi connectivity index (χ3n) is 3.20. The predicted molar refractivity (Wildman–Crippen MR) is 69.1 cm³/mol. The van der Waals surface area contributed by atoms with Crippen molar-refractivity contribution in [2.75, 3.05) is 0 Å². The Balaban J connectivity index is 2.86. The van der Waals surface area contributed by atoms with Crippen molar-refractivity contribution < 1.29 is 9.90 Å². The van der Waals surface area contributed by atoms with Gasteiger partial charge >= 0.3 is 5.97 Å². The van der Waals surface area contributed by atoms with Gasteiger partial charge in [0, 0.05) is 0 Å². The highest BCUT2D eigenvalue weighted by Crippen LogP contribution is 2.28. The van der Waals surface area contributed by atoms with Gasteiger partial charge in [0.2, 0.25) is 0 Å². The molecule has 0 aliphatic carbocycles. The van der Waals surface area contributed by atoms with E-state index in [1.807, 2.05) is 19.1 Å².